The lowest BCUT2D eigenvalue weighted by molar-refractivity contribution is -0.137. The van der Waals surface area contributed by atoms with E-state index in [2.05, 4.69) is 16.0 Å². The molecule has 0 aliphatic rings. The summed E-state index contributed by atoms with van der Waals surface area (Å²) in [5.74, 6) is -0.403. The van der Waals surface area contributed by atoms with Crippen molar-refractivity contribution in [2.24, 2.45) is 0 Å². The second-order valence-corrected chi connectivity index (χ2v) is 4.36. The van der Waals surface area contributed by atoms with Gasteiger partial charge in [0.2, 0.25) is 5.91 Å². The van der Waals surface area contributed by atoms with E-state index < -0.39 is 28.7 Å². The maximum absolute atomic E-state index is 12.6. The van der Waals surface area contributed by atoms with Crippen LogP contribution in [0, 0.1) is 0 Å². The summed E-state index contributed by atoms with van der Waals surface area (Å²) in [7, 11) is 0. The standard InChI is InChI=1S/C12H13ClF3N3O2/c1-2-17-10(20)6-18-11(21)19-7-3-4-9(13)8(5-7)12(14,15)16/h3-5H,2,6H2,1H3,(H,17,20)(H2,18,19,21). The molecular formula is C12H13ClF3N3O2. The second-order valence-electron chi connectivity index (χ2n) is 3.95. The number of nitrogens with one attached hydrogen (secondary N) is 3. The number of likely N-dealkylation sites (N-methyl/N-ethyl adjacent to an activating group) is 1. The summed E-state index contributed by atoms with van der Waals surface area (Å²) in [5.41, 5.74) is -1.13. The van der Waals surface area contributed by atoms with E-state index in [4.69, 9.17) is 11.6 Å². The molecule has 0 aromatic heterocycles. The molecule has 0 saturated heterocycles. The molecule has 21 heavy (non-hydrogen) atoms. The monoisotopic (exact) mass is 323 g/mol. The van der Waals surface area contributed by atoms with Crippen LogP contribution in [0.2, 0.25) is 5.02 Å². The van der Waals surface area contributed by atoms with Crippen molar-refractivity contribution in [1.82, 2.24) is 10.6 Å². The van der Waals surface area contributed by atoms with Gasteiger partial charge in [0, 0.05) is 12.2 Å². The molecule has 116 valence electrons. The first-order valence-corrected chi connectivity index (χ1v) is 6.30. The molecule has 5 nitrogen and oxygen atoms in total. The van der Waals surface area contributed by atoms with Crippen LogP contribution in [0.15, 0.2) is 18.2 Å². The highest BCUT2D eigenvalue weighted by Gasteiger charge is 2.33. The number of halogens is 4. The molecule has 0 spiro atoms. The lowest BCUT2D eigenvalue weighted by atomic mass is 10.2. The van der Waals surface area contributed by atoms with Crippen LogP contribution in [0.4, 0.5) is 23.7 Å². The predicted octanol–water partition coefficient (Wildman–Crippen LogP) is 2.62. The van der Waals surface area contributed by atoms with Crippen molar-refractivity contribution in [2.45, 2.75) is 13.1 Å². The Morgan fingerprint density at radius 2 is 1.90 bits per heavy atom. The van der Waals surface area contributed by atoms with Crippen LogP contribution in [0.3, 0.4) is 0 Å². The van der Waals surface area contributed by atoms with Crippen LogP contribution in [-0.2, 0) is 11.0 Å². The highest BCUT2D eigenvalue weighted by Crippen LogP contribution is 2.36. The van der Waals surface area contributed by atoms with E-state index >= 15 is 0 Å². The van der Waals surface area contributed by atoms with Crippen molar-refractivity contribution in [3.8, 4) is 0 Å². The van der Waals surface area contributed by atoms with E-state index in [0.29, 0.717) is 12.6 Å². The van der Waals surface area contributed by atoms with E-state index in [-0.39, 0.29) is 12.2 Å². The van der Waals surface area contributed by atoms with Crippen LogP contribution in [0.5, 0.6) is 0 Å². The Balaban J connectivity index is 2.67. The van der Waals surface area contributed by atoms with Crippen molar-refractivity contribution < 1.29 is 22.8 Å². The summed E-state index contributed by atoms with van der Waals surface area (Å²) in [4.78, 5) is 22.6. The Kier molecular flexibility index (Phi) is 5.83. The number of anilines is 1. The number of alkyl halides is 3. The summed E-state index contributed by atoms with van der Waals surface area (Å²) in [5, 5.41) is 6.39. The average Bonchev–Trinajstić information content (AvgIpc) is 2.38. The van der Waals surface area contributed by atoms with Gasteiger partial charge < -0.3 is 16.0 Å². The number of carbonyl (C=O) groups is 2. The smallest absolute Gasteiger partial charge is 0.355 e. The molecule has 0 aliphatic heterocycles. The number of rotatable bonds is 4. The third-order valence-corrected chi connectivity index (χ3v) is 2.64. The van der Waals surface area contributed by atoms with Crippen LogP contribution >= 0.6 is 11.6 Å². The maximum Gasteiger partial charge on any atom is 0.417 e. The molecule has 0 unspecified atom stereocenters. The molecule has 0 heterocycles. The topological polar surface area (TPSA) is 70.2 Å². The summed E-state index contributed by atoms with van der Waals surface area (Å²) < 4.78 is 37.9. The fourth-order valence-corrected chi connectivity index (χ4v) is 1.64. The van der Waals surface area contributed by atoms with Crippen molar-refractivity contribution in [3.63, 3.8) is 0 Å². The van der Waals surface area contributed by atoms with Gasteiger partial charge in [-0.05, 0) is 25.1 Å². The van der Waals surface area contributed by atoms with E-state index in [1.165, 1.54) is 6.07 Å². The van der Waals surface area contributed by atoms with Gasteiger partial charge in [-0.2, -0.15) is 13.2 Å². The van der Waals surface area contributed by atoms with Crippen LogP contribution < -0.4 is 16.0 Å². The first-order valence-electron chi connectivity index (χ1n) is 5.92. The lowest BCUT2D eigenvalue weighted by Crippen LogP contribution is -2.38. The largest absolute Gasteiger partial charge is 0.417 e. The van der Waals surface area contributed by atoms with Gasteiger partial charge in [-0.15, -0.1) is 0 Å². The summed E-state index contributed by atoms with van der Waals surface area (Å²) in [6.07, 6.45) is -4.62. The zero-order valence-corrected chi connectivity index (χ0v) is 11.7. The molecule has 3 N–H and O–H groups in total. The van der Waals surface area contributed by atoms with Crippen molar-refractivity contribution in [3.05, 3.63) is 28.8 Å². The Morgan fingerprint density at radius 1 is 1.24 bits per heavy atom. The molecule has 0 radical (unpaired) electrons. The molecule has 0 bridgehead atoms. The van der Waals surface area contributed by atoms with E-state index in [0.717, 1.165) is 6.07 Å². The highest BCUT2D eigenvalue weighted by atomic mass is 35.5. The Hall–Kier alpha value is -1.96. The van der Waals surface area contributed by atoms with Gasteiger partial charge in [0.25, 0.3) is 0 Å². The third-order valence-electron chi connectivity index (χ3n) is 2.31. The third kappa shape index (κ3) is 5.50. The van der Waals surface area contributed by atoms with Crippen LogP contribution in [0.25, 0.3) is 0 Å². The molecule has 1 aromatic carbocycles. The van der Waals surface area contributed by atoms with Gasteiger partial charge in [0.05, 0.1) is 17.1 Å². The van der Waals surface area contributed by atoms with Gasteiger partial charge in [0.1, 0.15) is 0 Å². The molecular weight excluding hydrogens is 311 g/mol. The van der Waals surface area contributed by atoms with Gasteiger partial charge in [-0.25, -0.2) is 4.79 Å². The number of urea groups is 1. The van der Waals surface area contributed by atoms with Crippen molar-refractivity contribution in [2.75, 3.05) is 18.4 Å². The Labute approximate surface area is 123 Å². The summed E-state index contributed by atoms with van der Waals surface area (Å²) >= 11 is 5.45. The minimum atomic E-state index is -4.62. The van der Waals surface area contributed by atoms with Crippen LogP contribution in [0.1, 0.15) is 12.5 Å². The molecule has 9 heteroatoms. The molecule has 1 rings (SSSR count). The van der Waals surface area contributed by atoms with Crippen molar-refractivity contribution in [1.29, 1.82) is 0 Å². The second kappa shape index (κ2) is 7.16. The quantitative estimate of drug-likeness (QED) is 0.797. The number of benzene rings is 1. The Morgan fingerprint density at radius 3 is 2.48 bits per heavy atom. The molecule has 1 aromatic rings. The molecule has 3 amide bonds. The fourth-order valence-electron chi connectivity index (χ4n) is 1.42. The van der Waals surface area contributed by atoms with Crippen LogP contribution in [-0.4, -0.2) is 25.0 Å². The maximum atomic E-state index is 12.6. The van der Waals surface area contributed by atoms with Crippen molar-refractivity contribution >= 4 is 29.2 Å². The number of hydrogen-bond donors (Lipinski definition) is 3. The lowest BCUT2D eigenvalue weighted by Gasteiger charge is -2.12. The van der Waals surface area contributed by atoms with E-state index in [1.807, 2.05) is 0 Å². The first kappa shape index (κ1) is 17.1. The first-order chi connectivity index (χ1) is 9.74. The molecule has 0 saturated carbocycles. The molecule has 0 atom stereocenters. The predicted molar refractivity (Wildman–Crippen MR) is 72.2 cm³/mol. The fraction of sp³-hybridized carbons (Fsp3) is 0.333. The number of carbonyl (C=O) groups excluding carboxylic acids is 2. The van der Waals surface area contributed by atoms with Gasteiger partial charge in [0.15, 0.2) is 0 Å². The minimum absolute atomic E-state index is 0.0832. The normalized spacial score (nSPS) is 10.9. The molecule has 0 aliphatic carbocycles. The zero-order chi connectivity index (χ0) is 16.0. The highest BCUT2D eigenvalue weighted by molar-refractivity contribution is 6.31. The van der Waals surface area contributed by atoms with E-state index in [1.54, 1.807) is 6.92 Å². The van der Waals surface area contributed by atoms with E-state index in [9.17, 15) is 22.8 Å². The summed E-state index contributed by atoms with van der Waals surface area (Å²) in [6, 6.07) is 2.18. The molecule has 0 fully saturated rings. The van der Waals surface area contributed by atoms with Gasteiger partial charge >= 0.3 is 12.2 Å². The minimum Gasteiger partial charge on any atom is -0.355 e. The Bertz CT molecular complexity index is 535. The average molecular weight is 324 g/mol. The SMILES string of the molecule is CCNC(=O)CNC(=O)Nc1ccc(Cl)c(C(F)(F)F)c1. The summed E-state index contributed by atoms with van der Waals surface area (Å²) in [6.45, 7) is 1.85. The van der Waals surface area contributed by atoms with Gasteiger partial charge in [-0.1, -0.05) is 11.6 Å². The zero-order valence-electron chi connectivity index (χ0n) is 11.0. The number of amides is 3. The van der Waals surface area contributed by atoms with Gasteiger partial charge in [-0.3, -0.25) is 4.79 Å². The number of hydrogen-bond acceptors (Lipinski definition) is 2.